The van der Waals surface area contributed by atoms with Crippen LogP contribution in [0.1, 0.15) is 0 Å². The van der Waals surface area contributed by atoms with Gasteiger partial charge in [0.15, 0.2) is 0 Å². The zero-order chi connectivity index (χ0) is 4.50. The molecule has 3 nitrogen and oxygen atoms in total. The number of hydrogen-bond donors (Lipinski definition) is 1. The Hall–Kier alpha value is 1.49. The standard InChI is InChI=1S/ClHO3S.ClH.Na/c1-5(2,3)4;;/h(H,2,3,4);1H;/q;;+1/p-1. The Morgan fingerprint density at radius 2 is 1.43 bits per heavy atom. The molecular formula is HCl2NaO3S. The summed E-state index contributed by atoms with van der Waals surface area (Å²) in [6.45, 7) is 0. The molecule has 0 aromatic heterocycles. The molecule has 0 aliphatic rings. The minimum absolute atomic E-state index is 0. The molecule has 0 aliphatic heterocycles. The van der Waals surface area contributed by atoms with Crippen LogP contribution < -0.4 is 42.0 Å². The number of halogens is 2. The second-order valence-corrected chi connectivity index (χ2v) is 2.41. The van der Waals surface area contributed by atoms with E-state index >= 15 is 0 Å². The minimum Gasteiger partial charge on any atom is -1.00 e. The maximum Gasteiger partial charge on any atom is 1.00 e. The third kappa shape index (κ3) is 102. The summed E-state index contributed by atoms with van der Waals surface area (Å²) in [4.78, 5) is 0. The van der Waals surface area contributed by atoms with Gasteiger partial charge in [0.1, 0.15) is 0 Å². The molecule has 0 aromatic rings. The Balaban J connectivity index is -0.0000000800. The van der Waals surface area contributed by atoms with Gasteiger partial charge in [-0.2, -0.15) is 8.42 Å². The Morgan fingerprint density at radius 1 is 1.43 bits per heavy atom. The molecule has 0 fully saturated rings. The fourth-order valence-electron chi connectivity index (χ4n) is 0. The van der Waals surface area contributed by atoms with Crippen LogP contribution in [-0.2, 0) is 9.33 Å². The van der Waals surface area contributed by atoms with Crippen molar-refractivity contribution in [2.75, 3.05) is 0 Å². The van der Waals surface area contributed by atoms with Gasteiger partial charge in [0.25, 0.3) is 0 Å². The first-order valence-corrected chi connectivity index (χ1v) is 2.94. The van der Waals surface area contributed by atoms with Crippen LogP contribution >= 0.6 is 10.7 Å². The molecule has 0 saturated carbocycles. The molecule has 0 rings (SSSR count). The van der Waals surface area contributed by atoms with Gasteiger partial charge in [-0.05, 0) is 0 Å². The summed E-state index contributed by atoms with van der Waals surface area (Å²) in [5, 5.41) is 0. The molecule has 7 heteroatoms. The zero-order valence-corrected chi connectivity index (χ0v) is 7.76. The van der Waals surface area contributed by atoms with Gasteiger partial charge in [0, 0.05) is 10.7 Å². The summed E-state index contributed by atoms with van der Waals surface area (Å²) < 4.78 is 25.2. The Kier molecular flexibility index (Phi) is 12.7. The molecule has 0 radical (unpaired) electrons. The van der Waals surface area contributed by atoms with E-state index in [1.54, 1.807) is 0 Å². The van der Waals surface area contributed by atoms with Crippen LogP contribution in [-0.4, -0.2) is 13.0 Å². The predicted molar refractivity (Wildman–Crippen MR) is 17.4 cm³/mol. The van der Waals surface area contributed by atoms with E-state index in [2.05, 4.69) is 10.7 Å². The summed E-state index contributed by atoms with van der Waals surface area (Å²) in [5.41, 5.74) is 0. The second-order valence-electron chi connectivity index (χ2n) is 0.412. The summed E-state index contributed by atoms with van der Waals surface area (Å²) in [7, 11) is -0.137. The SMILES string of the molecule is O=S(=O)(O)Cl.[Cl-].[Na+]. The van der Waals surface area contributed by atoms with Gasteiger partial charge in [-0.15, -0.1) is 0 Å². The first-order chi connectivity index (χ1) is 2.00. The molecule has 0 atom stereocenters. The van der Waals surface area contributed by atoms with E-state index in [0.29, 0.717) is 0 Å². The molecule has 0 saturated heterocycles. The molecule has 1 N–H and O–H groups in total. The van der Waals surface area contributed by atoms with Crippen LogP contribution in [0.3, 0.4) is 0 Å². The fourth-order valence-corrected chi connectivity index (χ4v) is 0. The molecule has 0 spiro atoms. The third-order valence-electron chi connectivity index (χ3n) is 0. The van der Waals surface area contributed by atoms with E-state index in [0.717, 1.165) is 0 Å². The summed E-state index contributed by atoms with van der Waals surface area (Å²) in [6.07, 6.45) is 0. The quantitative estimate of drug-likeness (QED) is 0.226. The van der Waals surface area contributed by atoms with Gasteiger partial charge in [-0.3, -0.25) is 4.55 Å². The van der Waals surface area contributed by atoms with E-state index in [1.807, 2.05) is 0 Å². The molecule has 0 unspecified atom stereocenters. The van der Waals surface area contributed by atoms with Crippen molar-refractivity contribution in [2.24, 2.45) is 0 Å². The Morgan fingerprint density at radius 3 is 1.43 bits per heavy atom. The van der Waals surface area contributed by atoms with Crippen molar-refractivity contribution >= 4 is 20.0 Å². The molecule has 40 valence electrons. The molecule has 0 aromatic carbocycles. The largest absolute Gasteiger partial charge is 1.00 e. The molecule has 0 heterocycles. The maximum absolute atomic E-state index is 8.95. The van der Waals surface area contributed by atoms with E-state index in [9.17, 15) is 0 Å². The van der Waals surface area contributed by atoms with Gasteiger partial charge < -0.3 is 12.4 Å². The normalized spacial score (nSPS) is 8.29. The van der Waals surface area contributed by atoms with E-state index < -0.39 is 9.33 Å². The van der Waals surface area contributed by atoms with Crippen LogP contribution in [0.4, 0.5) is 0 Å². The summed E-state index contributed by atoms with van der Waals surface area (Å²) in [6, 6.07) is 0. The minimum atomic E-state index is -4.19. The second kappa shape index (κ2) is 5.62. The van der Waals surface area contributed by atoms with Crippen molar-refractivity contribution in [3.8, 4) is 0 Å². The van der Waals surface area contributed by atoms with Gasteiger partial charge in [-0.25, -0.2) is 0 Å². The molecular weight excluding hydrogens is 174 g/mol. The zero-order valence-electron chi connectivity index (χ0n) is 3.43. The van der Waals surface area contributed by atoms with Crippen molar-refractivity contribution in [3.05, 3.63) is 0 Å². The predicted octanol–water partition coefficient (Wildman–Crippen LogP) is -5.96. The van der Waals surface area contributed by atoms with Crippen molar-refractivity contribution < 1.29 is 54.9 Å². The summed E-state index contributed by atoms with van der Waals surface area (Å²) >= 11 is 0. The van der Waals surface area contributed by atoms with E-state index in [4.69, 9.17) is 13.0 Å². The van der Waals surface area contributed by atoms with Crippen LogP contribution in [0, 0.1) is 0 Å². The average Bonchev–Trinajstić information content (AvgIpc) is 0.722. The Labute approximate surface area is 74.4 Å². The average molecular weight is 175 g/mol. The molecule has 0 amide bonds. The molecule has 0 bridgehead atoms. The van der Waals surface area contributed by atoms with Crippen LogP contribution in [0.15, 0.2) is 0 Å². The topological polar surface area (TPSA) is 54.4 Å². The van der Waals surface area contributed by atoms with Gasteiger partial charge in [0.05, 0.1) is 0 Å². The van der Waals surface area contributed by atoms with Crippen LogP contribution in [0.2, 0.25) is 0 Å². The number of rotatable bonds is 0. The molecule has 0 aliphatic carbocycles. The van der Waals surface area contributed by atoms with Crippen molar-refractivity contribution in [2.45, 2.75) is 0 Å². The van der Waals surface area contributed by atoms with Gasteiger partial charge in [-0.1, -0.05) is 0 Å². The van der Waals surface area contributed by atoms with Crippen LogP contribution in [0.25, 0.3) is 0 Å². The first kappa shape index (κ1) is 15.8. The van der Waals surface area contributed by atoms with Crippen molar-refractivity contribution in [3.63, 3.8) is 0 Å². The van der Waals surface area contributed by atoms with Crippen LogP contribution in [0.5, 0.6) is 0 Å². The number of hydrogen-bond acceptors (Lipinski definition) is 2. The smallest absolute Gasteiger partial charge is 1.00 e. The van der Waals surface area contributed by atoms with E-state index in [-0.39, 0.29) is 42.0 Å². The van der Waals surface area contributed by atoms with E-state index in [1.165, 1.54) is 0 Å². The monoisotopic (exact) mass is 174 g/mol. The van der Waals surface area contributed by atoms with Crippen molar-refractivity contribution in [1.29, 1.82) is 0 Å². The van der Waals surface area contributed by atoms with Crippen molar-refractivity contribution in [1.82, 2.24) is 0 Å². The Bertz CT molecular complexity index is 96.1. The summed E-state index contributed by atoms with van der Waals surface area (Å²) in [5.74, 6) is 0. The maximum atomic E-state index is 8.95. The fraction of sp³-hybridized carbons (Fsp3) is 0. The molecule has 7 heavy (non-hydrogen) atoms. The third-order valence-corrected chi connectivity index (χ3v) is 0. The first-order valence-electron chi connectivity index (χ1n) is 0.670. The van der Waals surface area contributed by atoms with Gasteiger partial charge in [0.2, 0.25) is 0 Å². The van der Waals surface area contributed by atoms with Gasteiger partial charge >= 0.3 is 38.9 Å².